The Balaban J connectivity index is 0.00000312. The van der Waals surface area contributed by atoms with Crippen LogP contribution in [0.2, 0.25) is 5.02 Å². The summed E-state index contributed by atoms with van der Waals surface area (Å²) >= 11 is 5.92. The molecule has 4 nitrogen and oxygen atoms in total. The van der Waals surface area contributed by atoms with Crippen LogP contribution in [-0.2, 0) is 11.3 Å². The summed E-state index contributed by atoms with van der Waals surface area (Å²) in [6.45, 7) is 5.41. The maximum absolute atomic E-state index is 5.92. The van der Waals surface area contributed by atoms with Gasteiger partial charge in [-0.2, -0.15) is 0 Å². The van der Waals surface area contributed by atoms with Crippen LogP contribution in [0.25, 0.3) is 0 Å². The van der Waals surface area contributed by atoms with Gasteiger partial charge < -0.3 is 15.4 Å². The first-order valence-electron chi connectivity index (χ1n) is 8.94. The molecule has 0 spiro atoms. The Kier molecular flexibility index (Phi) is 10.8. The number of hydrogen-bond acceptors (Lipinski definition) is 2. The lowest BCUT2D eigenvalue weighted by molar-refractivity contribution is 0.105. The van der Waals surface area contributed by atoms with Crippen LogP contribution >= 0.6 is 35.6 Å². The standard InChI is InChI=1S/C19H30ClN3O.HI/c1-3-24-13-12-19(10-4-5-11-19)15-23-18(21-2)22-14-16-6-8-17(20)9-7-16;/h6-9H,3-5,10-15H2,1-2H3,(H2,21,22,23);1H. The van der Waals surface area contributed by atoms with Crippen molar-refractivity contribution >= 4 is 41.5 Å². The van der Waals surface area contributed by atoms with Crippen molar-refractivity contribution in [3.05, 3.63) is 34.9 Å². The fraction of sp³-hybridized carbons (Fsp3) is 0.632. The Morgan fingerprint density at radius 1 is 1.20 bits per heavy atom. The number of nitrogens with one attached hydrogen (secondary N) is 2. The predicted octanol–water partition coefficient (Wildman–Crippen LogP) is 4.61. The molecule has 1 saturated carbocycles. The summed E-state index contributed by atoms with van der Waals surface area (Å²) in [6.07, 6.45) is 6.33. The molecule has 1 aliphatic carbocycles. The van der Waals surface area contributed by atoms with Crippen molar-refractivity contribution in [2.24, 2.45) is 10.4 Å². The molecule has 1 aromatic rings. The number of benzene rings is 1. The van der Waals surface area contributed by atoms with Crippen LogP contribution in [0.4, 0.5) is 0 Å². The van der Waals surface area contributed by atoms with Gasteiger partial charge >= 0.3 is 0 Å². The first-order valence-corrected chi connectivity index (χ1v) is 9.32. The van der Waals surface area contributed by atoms with Gasteiger partial charge in [0.15, 0.2) is 5.96 Å². The van der Waals surface area contributed by atoms with Crippen LogP contribution in [-0.4, -0.2) is 32.8 Å². The van der Waals surface area contributed by atoms with E-state index in [1.807, 2.05) is 31.3 Å². The summed E-state index contributed by atoms with van der Waals surface area (Å²) in [5.41, 5.74) is 1.54. The normalized spacial score (nSPS) is 16.4. The molecular formula is C19H31ClIN3O. The number of halogens is 2. The van der Waals surface area contributed by atoms with E-state index in [2.05, 4.69) is 22.5 Å². The van der Waals surface area contributed by atoms with E-state index in [0.29, 0.717) is 5.41 Å². The van der Waals surface area contributed by atoms with Gasteiger partial charge in [-0.05, 0) is 49.3 Å². The van der Waals surface area contributed by atoms with Crippen LogP contribution in [0.5, 0.6) is 0 Å². The highest BCUT2D eigenvalue weighted by Gasteiger charge is 2.33. The van der Waals surface area contributed by atoms with Crippen molar-refractivity contribution in [3.63, 3.8) is 0 Å². The molecule has 0 saturated heterocycles. The number of hydrogen-bond donors (Lipinski definition) is 2. The summed E-state index contributed by atoms with van der Waals surface area (Å²) in [7, 11) is 1.82. The maximum atomic E-state index is 5.92. The minimum absolute atomic E-state index is 0. The quantitative estimate of drug-likeness (QED) is 0.248. The van der Waals surface area contributed by atoms with Gasteiger partial charge in [0.2, 0.25) is 0 Å². The minimum atomic E-state index is 0. The first kappa shape index (κ1) is 22.5. The van der Waals surface area contributed by atoms with Gasteiger partial charge in [-0.25, -0.2) is 0 Å². The largest absolute Gasteiger partial charge is 0.382 e. The molecule has 1 aromatic carbocycles. The molecule has 0 radical (unpaired) electrons. The highest BCUT2D eigenvalue weighted by Crippen LogP contribution is 2.40. The zero-order valence-electron chi connectivity index (χ0n) is 15.3. The number of guanidine groups is 1. The monoisotopic (exact) mass is 479 g/mol. The van der Waals surface area contributed by atoms with Gasteiger partial charge in [0.25, 0.3) is 0 Å². The van der Waals surface area contributed by atoms with E-state index in [-0.39, 0.29) is 24.0 Å². The van der Waals surface area contributed by atoms with E-state index in [1.54, 1.807) is 0 Å². The Bertz CT molecular complexity index is 516. The summed E-state index contributed by atoms with van der Waals surface area (Å²) in [6, 6.07) is 7.89. The molecule has 142 valence electrons. The molecular weight excluding hydrogens is 449 g/mol. The smallest absolute Gasteiger partial charge is 0.191 e. The molecule has 2 N–H and O–H groups in total. The second-order valence-corrected chi connectivity index (χ2v) is 7.00. The first-order chi connectivity index (χ1) is 11.7. The van der Waals surface area contributed by atoms with Crippen molar-refractivity contribution in [3.8, 4) is 0 Å². The molecule has 0 amide bonds. The van der Waals surface area contributed by atoms with Gasteiger partial charge in [0.1, 0.15) is 0 Å². The van der Waals surface area contributed by atoms with Crippen LogP contribution in [0.3, 0.4) is 0 Å². The molecule has 0 unspecified atom stereocenters. The van der Waals surface area contributed by atoms with Gasteiger partial charge in [0.05, 0.1) is 0 Å². The van der Waals surface area contributed by atoms with Crippen molar-refractivity contribution in [1.82, 2.24) is 10.6 Å². The van der Waals surface area contributed by atoms with Crippen LogP contribution < -0.4 is 10.6 Å². The Labute approximate surface area is 174 Å². The Morgan fingerprint density at radius 3 is 2.48 bits per heavy atom. The van der Waals surface area contributed by atoms with Gasteiger partial charge in [-0.1, -0.05) is 36.6 Å². The fourth-order valence-electron chi connectivity index (χ4n) is 3.35. The zero-order valence-corrected chi connectivity index (χ0v) is 18.4. The molecule has 1 fully saturated rings. The predicted molar refractivity (Wildman–Crippen MR) is 117 cm³/mol. The average Bonchev–Trinajstić information content (AvgIpc) is 3.06. The molecule has 6 heteroatoms. The van der Waals surface area contributed by atoms with Crippen LogP contribution in [0.1, 0.15) is 44.6 Å². The number of aliphatic imine (C=N–C) groups is 1. The zero-order chi connectivity index (χ0) is 17.3. The van der Waals surface area contributed by atoms with E-state index >= 15 is 0 Å². The number of nitrogens with zero attached hydrogens (tertiary/aromatic N) is 1. The van der Waals surface area contributed by atoms with E-state index in [1.165, 1.54) is 31.2 Å². The second-order valence-electron chi connectivity index (χ2n) is 6.56. The Morgan fingerprint density at radius 2 is 1.88 bits per heavy atom. The lowest BCUT2D eigenvalue weighted by Crippen LogP contribution is -2.43. The second kappa shape index (κ2) is 12.0. The van der Waals surface area contributed by atoms with Crippen molar-refractivity contribution in [2.45, 2.75) is 45.6 Å². The molecule has 0 aliphatic heterocycles. The average molecular weight is 480 g/mol. The summed E-state index contributed by atoms with van der Waals surface area (Å²) in [4.78, 5) is 4.35. The molecule has 1 aliphatic rings. The number of rotatable bonds is 8. The Hall–Kier alpha value is -0.530. The van der Waals surface area contributed by atoms with Crippen LogP contribution in [0, 0.1) is 5.41 Å². The van der Waals surface area contributed by atoms with Crippen molar-refractivity contribution < 1.29 is 4.74 Å². The minimum Gasteiger partial charge on any atom is -0.382 e. The lowest BCUT2D eigenvalue weighted by Gasteiger charge is -2.30. The van der Waals surface area contributed by atoms with Gasteiger partial charge in [-0.15, -0.1) is 24.0 Å². The third kappa shape index (κ3) is 7.71. The summed E-state index contributed by atoms with van der Waals surface area (Å²) in [5.74, 6) is 0.854. The molecule has 25 heavy (non-hydrogen) atoms. The molecule has 0 aromatic heterocycles. The topological polar surface area (TPSA) is 45.6 Å². The van der Waals surface area contributed by atoms with Gasteiger partial charge in [0, 0.05) is 38.4 Å². The third-order valence-corrected chi connectivity index (χ3v) is 5.12. The fourth-order valence-corrected chi connectivity index (χ4v) is 3.48. The van der Waals surface area contributed by atoms with E-state index in [9.17, 15) is 0 Å². The van der Waals surface area contributed by atoms with Crippen molar-refractivity contribution in [1.29, 1.82) is 0 Å². The lowest BCUT2D eigenvalue weighted by atomic mass is 9.83. The summed E-state index contributed by atoms with van der Waals surface area (Å²) in [5, 5.41) is 7.66. The highest BCUT2D eigenvalue weighted by molar-refractivity contribution is 14.0. The summed E-state index contributed by atoms with van der Waals surface area (Å²) < 4.78 is 5.58. The van der Waals surface area contributed by atoms with E-state index in [0.717, 1.165) is 43.7 Å². The van der Waals surface area contributed by atoms with Crippen molar-refractivity contribution in [2.75, 3.05) is 26.8 Å². The van der Waals surface area contributed by atoms with E-state index < -0.39 is 0 Å². The van der Waals surface area contributed by atoms with Gasteiger partial charge in [-0.3, -0.25) is 4.99 Å². The van der Waals surface area contributed by atoms with Crippen LogP contribution in [0.15, 0.2) is 29.3 Å². The SMILES string of the molecule is CCOCCC1(CNC(=NC)NCc2ccc(Cl)cc2)CCCC1.I. The molecule has 0 heterocycles. The van der Waals surface area contributed by atoms with E-state index in [4.69, 9.17) is 16.3 Å². The molecule has 2 rings (SSSR count). The molecule has 0 atom stereocenters. The highest BCUT2D eigenvalue weighted by atomic mass is 127. The number of ether oxygens (including phenoxy) is 1. The third-order valence-electron chi connectivity index (χ3n) is 4.87. The maximum Gasteiger partial charge on any atom is 0.191 e. The molecule has 0 bridgehead atoms.